The van der Waals surface area contributed by atoms with Crippen molar-refractivity contribution in [3.63, 3.8) is 0 Å². The quantitative estimate of drug-likeness (QED) is 0.739. The summed E-state index contributed by atoms with van der Waals surface area (Å²) >= 11 is 0. The number of nitrogens with two attached hydrogens (primary N) is 1. The largest absolute Gasteiger partial charge is 0.463 e. The van der Waals surface area contributed by atoms with Crippen molar-refractivity contribution in [2.75, 3.05) is 5.73 Å². The van der Waals surface area contributed by atoms with Gasteiger partial charge in [0, 0.05) is 6.04 Å². The molecule has 0 aliphatic rings. The van der Waals surface area contributed by atoms with Crippen LogP contribution in [-0.4, -0.2) is 31.5 Å². The lowest BCUT2D eigenvalue weighted by molar-refractivity contribution is -0.122. The second-order valence-electron chi connectivity index (χ2n) is 5.33. The molecule has 8 nitrogen and oxygen atoms in total. The zero-order chi connectivity index (χ0) is 16.4. The maximum atomic E-state index is 12.1. The van der Waals surface area contributed by atoms with Crippen LogP contribution in [0.3, 0.4) is 0 Å². The van der Waals surface area contributed by atoms with Gasteiger partial charge in [0.25, 0.3) is 0 Å². The van der Waals surface area contributed by atoms with Gasteiger partial charge in [-0.25, -0.2) is 9.97 Å². The lowest BCUT2D eigenvalue weighted by Gasteiger charge is -2.11. The number of hydrogen-bond acceptors (Lipinski definition) is 6. The summed E-state index contributed by atoms with van der Waals surface area (Å²) in [5, 5.41) is 2.91. The molecule has 120 valence electrons. The third-order valence-electron chi connectivity index (χ3n) is 3.57. The number of hydrogen-bond donors (Lipinski definition) is 2. The molecule has 0 saturated heterocycles. The number of rotatable bonds is 5. The minimum absolute atomic E-state index is 0.101. The van der Waals surface area contributed by atoms with Crippen LogP contribution in [0.25, 0.3) is 22.6 Å². The van der Waals surface area contributed by atoms with Crippen molar-refractivity contribution in [1.82, 2.24) is 24.8 Å². The number of amides is 1. The highest BCUT2D eigenvalue weighted by molar-refractivity contribution is 5.87. The Morgan fingerprint density at radius 1 is 1.48 bits per heavy atom. The van der Waals surface area contributed by atoms with Gasteiger partial charge in [0.1, 0.15) is 17.8 Å². The minimum Gasteiger partial charge on any atom is -0.463 e. The number of anilines is 1. The lowest BCUT2D eigenvalue weighted by atomic mass is 10.2. The van der Waals surface area contributed by atoms with Gasteiger partial charge < -0.3 is 20.0 Å². The van der Waals surface area contributed by atoms with Gasteiger partial charge in [-0.1, -0.05) is 6.92 Å². The van der Waals surface area contributed by atoms with Gasteiger partial charge in [-0.2, -0.15) is 4.98 Å². The maximum absolute atomic E-state index is 12.1. The highest BCUT2D eigenvalue weighted by atomic mass is 16.3. The molecule has 0 aliphatic heterocycles. The van der Waals surface area contributed by atoms with E-state index in [1.165, 1.54) is 0 Å². The molecule has 0 aliphatic carbocycles. The maximum Gasteiger partial charge on any atom is 0.240 e. The topological polar surface area (TPSA) is 112 Å². The summed E-state index contributed by atoms with van der Waals surface area (Å²) in [5.41, 5.74) is 7.35. The van der Waals surface area contributed by atoms with Crippen LogP contribution in [0, 0.1) is 0 Å². The van der Waals surface area contributed by atoms with Crippen molar-refractivity contribution < 1.29 is 9.21 Å². The third kappa shape index (κ3) is 3.01. The van der Waals surface area contributed by atoms with Gasteiger partial charge in [-0.05, 0) is 25.5 Å². The van der Waals surface area contributed by atoms with Crippen molar-refractivity contribution in [2.45, 2.75) is 32.9 Å². The van der Waals surface area contributed by atoms with Crippen molar-refractivity contribution >= 4 is 23.0 Å². The molecule has 0 fully saturated rings. The van der Waals surface area contributed by atoms with Crippen LogP contribution in [0.1, 0.15) is 20.3 Å². The molecule has 3 N–H and O–H groups in total. The Morgan fingerprint density at radius 3 is 3.00 bits per heavy atom. The molecule has 3 aromatic heterocycles. The van der Waals surface area contributed by atoms with E-state index in [4.69, 9.17) is 10.2 Å². The first-order valence-corrected chi connectivity index (χ1v) is 7.40. The molecule has 3 heterocycles. The molecule has 0 radical (unpaired) electrons. The zero-order valence-electron chi connectivity index (χ0n) is 13.0. The smallest absolute Gasteiger partial charge is 0.240 e. The molecule has 0 bridgehead atoms. The average Bonchev–Trinajstić information content (AvgIpc) is 3.17. The first kappa shape index (κ1) is 15.0. The highest BCUT2D eigenvalue weighted by Crippen LogP contribution is 2.25. The number of aromatic nitrogens is 4. The van der Waals surface area contributed by atoms with Crippen LogP contribution in [0.4, 0.5) is 5.95 Å². The zero-order valence-corrected chi connectivity index (χ0v) is 13.0. The van der Waals surface area contributed by atoms with Crippen LogP contribution < -0.4 is 11.1 Å². The molecular weight excluding hydrogens is 296 g/mol. The fraction of sp³-hybridized carbons (Fsp3) is 0.333. The standard InChI is InChI=1S/C15H18N6O2/c1-3-9(2)18-11(22)7-21-8-17-13-12(10-5-4-6-23-10)19-15(16)20-14(13)21/h4-6,8-9H,3,7H2,1-2H3,(H,18,22)(H2,16,19,20). The summed E-state index contributed by atoms with van der Waals surface area (Å²) in [6.45, 7) is 4.09. The van der Waals surface area contributed by atoms with Gasteiger partial charge >= 0.3 is 0 Å². The first-order chi connectivity index (χ1) is 11.1. The van der Waals surface area contributed by atoms with Crippen LogP contribution in [-0.2, 0) is 11.3 Å². The number of nitrogens with one attached hydrogen (secondary N) is 1. The van der Waals surface area contributed by atoms with E-state index in [1.807, 2.05) is 13.8 Å². The highest BCUT2D eigenvalue weighted by Gasteiger charge is 2.17. The Kier molecular flexibility index (Phi) is 3.96. The van der Waals surface area contributed by atoms with Gasteiger partial charge in [0.15, 0.2) is 11.4 Å². The molecule has 3 rings (SSSR count). The summed E-state index contributed by atoms with van der Waals surface area (Å²) in [6.07, 6.45) is 3.98. The van der Waals surface area contributed by atoms with E-state index in [0.29, 0.717) is 22.6 Å². The Morgan fingerprint density at radius 2 is 2.30 bits per heavy atom. The summed E-state index contributed by atoms with van der Waals surface area (Å²) in [6, 6.07) is 3.65. The molecule has 3 aromatic rings. The summed E-state index contributed by atoms with van der Waals surface area (Å²) in [7, 11) is 0. The van der Waals surface area contributed by atoms with E-state index in [-0.39, 0.29) is 24.4 Å². The van der Waals surface area contributed by atoms with Crippen LogP contribution in [0.15, 0.2) is 29.1 Å². The predicted octanol–water partition coefficient (Wildman–Crippen LogP) is 1.58. The average molecular weight is 314 g/mol. The Balaban J connectivity index is 1.96. The van der Waals surface area contributed by atoms with E-state index < -0.39 is 0 Å². The van der Waals surface area contributed by atoms with E-state index >= 15 is 0 Å². The molecule has 1 amide bonds. The van der Waals surface area contributed by atoms with Crippen molar-refractivity contribution in [2.24, 2.45) is 0 Å². The predicted molar refractivity (Wildman–Crippen MR) is 85.3 cm³/mol. The second-order valence-corrected chi connectivity index (χ2v) is 5.33. The van der Waals surface area contributed by atoms with E-state index in [9.17, 15) is 4.79 Å². The molecule has 0 saturated carbocycles. The number of furan rings is 1. The number of imidazole rings is 1. The summed E-state index contributed by atoms with van der Waals surface area (Å²) in [5.74, 6) is 0.557. The molecule has 0 spiro atoms. The van der Waals surface area contributed by atoms with Crippen molar-refractivity contribution in [3.05, 3.63) is 24.7 Å². The van der Waals surface area contributed by atoms with Gasteiger partial charge in [0.2, 0.25) is 11.9 Å². The van der Waals surface area contributed by atoms with Gasteiger partial charge in [-0.15, -0.1) is 0 Å². The second kappa shape index (κ2) is 6.07. The molecule has 23 heavy (non-hydrogen) atoms. The number of nitrogens with zero attached hydrogens (tertiary/aromatic N) is 4. The fourth-order valence-electron chi connectivity index (χ4n) is 2.24. The minimum atomic E-state index is -0.101. The van der Waals surface area contributed by atoms with Crippen molar-refractivity contribution in [1.29, 1.82) is 0 Å². The van der Waals surface area contributed by atoms with Crippen molar-refractivity contribution in [3.8, 4) is 11.5 Å². The van der Waals surface area contributed by atoms with Gasteiger partial charge in [-0.3, -0.25) is 4.79 Å². The number of nitrogen functional groups attached to an aromatic ring is 1. The van der Waals surface area contributed by atoms with E-state index in [2.05, 4.69) is 20.3 Å². The lowest BCUT2D eigenvalue weighted by Crippen LogP contribution is -2.34. The van der Waals surface area contributed by atoms with E-state index in [0.717, 1.165) is 6.42 Å². The fourth-order valence-corrected chi connectivity index (χ4v) is 2.24. The molecule has 8 heteroatoms. The molecule has 1 atom stereocenters. The van der Waals surface area contributed by atoms with Gasteiger partial charge in [0.05, 0.1) is 12.6 Å². The Bertz CT molecular complexity index is 824. The molecule has 1 unspecified atom stereocenters. The molecule has 0 aromatic carbocycles. The first-order valence-electron chi connectivity index (χ1n) is 7.40. The Hall–Kier alpha value is -2.90. The Labute approximate surface area is 132 Å². The summed E-state index contributed by atoms with van der Waals surface area (Å²) < 4.78 is 7.02. The third-order valence-corrected chi connectivity index (χ3v) is 3.57. The SMILES string of the molecule is CCC(C)NC(=O)Cn1cnc2c(-c3ccco3)nc(N)nc21. The number of carbonyl (C=O) groups is 1. The molecular formula is C15H18N6O2. The number of carbonyl (C=O) groups excluding carboxylic acids is 1. The van der Waals surface area contributed by atoms with E-state index in [1.54, 1.807) is 29.3 Å². The monoisotopic (exact) mass is 314 g/mol. The normalized spacial score (nSPS) is 12.4. The van der Waals surface area contributed by atoms with Crippen LogP contribution in [0.2, 0.25) is 0 Å². The van der Waals surface area contributed by atoms with Crippen LogP contribution >= 0.6 is 0 Å². The number of fused-ring (bicyclic) bond motifs is 1. The summed E-state index contributed by atoms with van der Waals surface area (Å²) in [4.78, 5) is 24.8. The van der Waals surface area contributed by atoms with Crippen LogP contribution in [0.5, 0.6) is 0 Å².